The number of carbonyl (C=O) groups excluding carboxylic acids is 1. The molecule has 112 valence electrons. The van der Waals surface area contributed by atoms with Gasteiger partial charge in [-0.2, -0.15) is 0 Å². The number of piperidine rings is 1. The number of aromatic nitrogens is 1. The summed E-state index contributed by atoms with van der Waals surface area (Å²) >= 11 is 9.42. The maximum Gasteiger partial charge on any atom is 0.269 e. The lowest BCUT2D eigenvalue weighted by Crippen LogP contribution is -2.53. The van der Waals surface area contributed by atoms with Crippen molar-refractivity contribution in [3.63, 3.8) is 0 Å². The van der Waals surface area contributed by atoms with Gasteiger partial charge >= 0.3 is 0 Å². The van der Waals surface area contributed by atoms with Gasteiger partial charge in [-0.25, -0.2) is 0 Å². The molecule has 3 N–H and O–H groups in total. The second kappa shape index (κ2) is 6.93. The molecule has 5 nitrogen and oxygen atoms in total. The molecule has 0 saturated carbocycles. The van der Waals surface area contributed by atoms with Crippen LogP contribution in [0.25, 0.3) is 0 Å². The van der Waals surface area contributed by atoms with Gasteiger partial charge in [0.2, 0.25) is 0 Å². The number of ether oxygens (including phenoxy) is 1. The number of hydrogen-bond acceptors (Lipinski definition) is 3. The van der Waals surface area contributed by atoms with Gasteiger partial charge < -0.3 is 20.4 Å². The smallest absolute Gasteiger partial charge is 0.269 e. The van der Waals surface area contributed by atoms with Crippen molar-refractivity contribution in [2.75, 3.05) is 19.7 Å². The molecule has 1 aromatic heterocycles. The zero-order valence-corrected chi connectivity index (χ0v) is 13.9. The molecule has 1 fully saturated rings. The first-order valence-corrected chi connectivity index (χ1v) is 7.88. The number of H-pyrrole nitrogens is 1. The van der Waals surface area contributed by atoms with Crippen LogP contribution in [0.4, 0.5) is 0 Å². The van der Waals surface area contributed by atoms with Crippen molar-refractivity contribution < 1.29 is 9.53 Å². The van der Waals surface area contributed by atoms with Crippen molar-refractivity contribution in [3.05, 3.63) is 20.9 Å². The Balaban J connectivity index is 2.07. The topological polar surface area (TPSA) is 66.2 Å². The number of amides is 1. The minimum Gasteiger partial charge on any atom is -0.375 e. The summed E-state index contributed by atoms with van der Waals surface area (Å²) in [6.07, 6.45) is 0.851. The fraction of sp³-hybridized carbons (Fsp3) is 0.615. The largest absolute Gasteiger partial charge is 0.375 e. The van der Waals surface area contributed by atoms with Gasteiger partial charge in [-0.1, -0.05) is 11.6 Å². The summed E-state index contributed by atoms with van der Waals surface area (Å²) in [6, 6.07) is 0.0120. The summed E-state index contributed by atoms with van der Waals surface area (Å²) in [6.45, 7) is 6.05. The third kappa shape index (κ3) is 3.36. The van der Waals surface area contributed by atoms with Crippen LogP contribution in [0.1, 0.15) is 29.5 Å². The van der Waals surface area contributed by atoms with Gasteiger partial charge in [0.15, 0.2) is 0 Å². The molecule has 0 aromatic carbocycles. The average Bonchev–Trinajstić information content (AvgIpc) is 2.69. The summed E-state index contributed by atoms with van der Waals surface area (Å²) in [4.78, 5) is 15.3. The lowest BCUT2D eigenvalue weighted by Gasteiger charge is -2.32. The van der Waals surface area contributed by atoms with Gasteiger partial charge in [-0.3, -0.25) is 4.79 Å². The van der Waals surface area contributed by atoms with Crippen LogP contribution in [0, 0.1) is 6.92 Å². The Kier molecular flexibility index (Phi) is 5.49. The molecule has 2 rings (SSSR count). The normalized spacial score (nSPS) is 22.8. The van der Waals surface area contributed by atoms with Gasteiger partial charge in [0.25, 0.3) is 5.91 Å². The van der Waals surface area contributed by atoms with E-state index in [0.29, 0.717) is 21.8 Å². The van der Waals surface area contributed by atoms with E-state index in [1.807, 2.05) is 13.8 Å². The second-order valence-electron chi connectivity index (χ2n) is 4.82. The minimum atomic E-state index is -0.163. The number of carbonyl (C=O) groups is 1. The highest BCUT2D eigenvalue weighted by molar-refractivity contribution is 9.10. The predicted octanol–water partition coefficient (Wildman–Crippen LogP) is 2.24. The lowest BCUT2D eigenvalue weighted by molar-refractivity contribution is 0.0208. The van der Waals surface area contributed by atoms with E-state index in [2.05, 4.69) is 31.5 Å². The summed E-state index contributed by atoms with van der Waals surface area (Å²) in [5, 5.41) is 6.84. The maximum atomic E-state index is 12.3. The van der Waals surface area contributed by atoms with Crippen molar-refractivity contribution in [2.24, 2.45) is 0 Å². The van der Waals surface area contributed by atoms with E-state index in [4.69, 9.17) is 16.3 Å². The molecule has 0 bridgehead atoms. The van der Waals surface area contributed by atoms with Crippen molar-refractivity contribution in [1.82, 2.24) is 15.6 Å². The number of rotatable bonds is 4. The number of halogens is 2. The van der Waals surface area contributed by atoms with Crippen molar-refractivity contribution in [1.29, 1.82) is 0 Å². The van der Waals surface area contributed by atoms with Crippen molar-refractivity contribution in [2.45, 2.75) is 32.4 Å². The fourth-order valence-corrected chi connectivity index (χ4v) is 3.07. The van der Waals surface area contributed by atoms with Crippen LogP contribution < -0.4 is 10.6 Å². The highest BCUT2D eigenvalue weighted by Gasteiger charge is 2.28. The Bertz CT molecular complexity index is 490. The van der Waals surface area contributed by atoms with Gasteiger partial charge in [0.05, 0.1) is 21.6 Å². The van der Waals surface area contributed by atoms with Crippen LogP contribution in [0.2, 0.25) is 5.02 Å². The van der Waals surface area contributed by atoms with E-state index in [1.54, 1.807) is 0 Å². The Labute approximate surface area is 131 Å². The first-order valence-electron chi connectivity index (χ1n) is 6.71. The van der Waals surface area contributed by atoms with E-state index < -0.39 is 0 Å². The first-order chi connectivity index (χ1) is 9.54. The van der Waals surface area contributed by atoms with Crippen LogP contribution in [-0.2, 0) is 4.74 Å². The first kappa shape index (κ1) is 15.8. The van der Waals surface area contributed by atoms with Crippen LogP contribution in [0.15, 0.2) is 4.47 Å². The molecule has 1 aromatic rings. The summed E-state index contributed by atoms with van der Waals surface area (Å²) < 4.78 is 6.27. The molecular formula is C13H19BrClN3O2. The lowest BCUT2D eigenvalue weighted by atomic mass is 10.0. The Morgan fingerprint density at radius 3 is 2.95 bits per heavy atom. The highest BCUT2D eigenvalue weighted by atomic mass is 79.9. The van der Waals surface area contributed by atoms with Crippen LogP contribution >= 0.6 is 27.5 Å². The predicted molar refractivity (Wildman–Crippen MR) is 82.4 cm³/mol. The number of hydrogen-bond donors (Lipinski definition) is 3. The fourth-order valence-electron chi connectivity index (χ4n) is 2.35. The molecular weight excluding hydrogens is 346 g/mol. The molecule has 2 heterocycles. The third-order valence-corrected chi connectivity index (χ3v) is 4.90. The molecule has 7 heteroatoms. The van der Waals surface area contributed by atoms with E-state index in [0.717, 1.165) is 25.2 Å². The molecule has 0 unspecified atom stereocenters. The number of aromatic amines is 1. The average molecular weight is 365 g/mol. The number of aryl methyl sites for hydroxylation is 1. The van der Waals surface area contributed by atoms with Gasteiger partial charge in [-0.05, 0) is 42.7 Å². The maximum absolute atomic E-state index is 12.3. The summed E-state index contributed by atoms with van der Waals surface area (Å²) in [5.74, 6) is -0.163. The summed E-state index contributed by atoms with van der Waals surface area (Å²) in [7, 11) is 0. The monoisotopic (exact) mass is 363 g/mol. The van der Waals surface area contributed by atoms with Crippen LogP contribution in [0.3, 0.4) is 0 Å². The van der Waals surface area contributed by atoms with Gasteiger partial charge in [0.1, 0.15) is 5.69 Å². The molecule has 1 aliphatic heterocycles. The highest BCUT2D eigenvalue weighted by Crippen LogP contribution is 2.29. The quantitative estimate of drug-likeness (QED) is 0.767. The Morgan fingerprint density at radius 2 is 2.35 bits per heavy atom. The third-order valence-electron chi connectivity index (χ3n) is 3.40. The van der Waals surface area contributed by atoms with E-state index in [1.165, 1.54) is 0 Å². The standard InChI is InChI=1S/C13H19BrClN3O2/c1-3-20-9-6-16-5-4-8(9)18-13(19)12-10(14)11(15)7(2)17-12/h8-9,16-17H,3-6H2,1-2H3,(H,18,19)/t8-,9+/m1/s1. The van der Waals surface area contributed by atoms with E-state index in [9.17, 15) is 4.79 Å². The second-order valence-corrected chi connectivity index (χ2v) is 5.99. The number of nitrogens with one attached hydrogen (secondary N) is 3. The summed E-state index contributed by atoms with van der Waals surface area (Å²) in [5.41, 5.74) is 1.23. The zero-order valence-electron chi connectivity index (χ0n) is 11.6. The Morgan fingerprint density at radius 1 is 1.60 bits per heavy atom. The van der Waals surface area contributed by atoms with E-state index in [-0.39, 0.29) is 18.1 Å². The van der Waals surface area contributed by atoms with Crippen LogP contribution in [0.5, 0.6) is 0 Å². The molecule has 0 aliphatic carbocycles. The molecule has 20 heavy (non-hydrogen) atoms. The van der Waals surface area contributed by atoms with Gasteiger partial charge in [-0.15, -0.1) is 0 Å². The molecule has 0 spiro atoms. The van der Waals surface area contributed by atoms with E-state index >= 15 is 0 Å². The molecule has 1 saturated heterocycles. The molecule has 2 atom stereocenters. The minimum absolute atomic E-state index is 0.00278. The van der Waals surface area contributed by atoms with Gasteiger partial charge in [0, 0.05) is 18.8 Å². The molecule has 1 amide bonds. The van der Waals surface area contributed by atoms with Crippen LogP contribution in [-0.4, -0.2) is 42.7 Å². The van der Waals surface area contributed by atoms with Crippen molar-refractivity contribution in [3.8, 4) is 0 Å². The van der Waals surface area contributed by atoms with Crippen molar-refractivity contribution >= 4 is 33.4 Å². The molecule has 0 radical (unpaired) electrons. The molecule has 1 aliphatic rings. The zero-order chi connectivity index (χ0) is 14.7. The SMILES string of the molecule is CCO[C@H]1CNCC[C@H]1NC(=O)c1[nH]c(C)c(Cl)c1Br. The Hall–Kier alpha value is -0.560.